The molecular weight excluding hydrogens is 275 g/mol. The number of pyridine rings is 1. The molecule has 0 aliphatic heterocycles. The minimum absolute atomic E-state index is 0.00141. The first-order valence-electron chi connectivity index (χ1n) is 5.10. The Morgan fingerprint density at radius 2 is 2.17 bits per heavy atom. The highest BCUT2D eigenvalue weighted by atomic mass is 35.5. The molecule has 0 fully saturated rings. The van der Waals surface area contributed by atoms with Crippen LogP contribution < -0.4 is 5.73 Å². The number of nitrogens with two attached hydrogens (primary N) is 1. The Labute approximate surface area is 111 Å². The maximum absolute atomic E-state index is 13.2. The van der Waals surface area contributed by atoms with Gasteiger partial charge in [0.1, 0.15) is 5.82 Å². The highest BCUT2D eigenvalue weighted by Gasteiger charge is 2.12. The molecule has 6 heteroatoms. The van der Waals surface area contributed by atoms with Crippen LogP contribution in [0.15, 0.2) is 41.6 Å². The molecule has 0 radical (unpaired) electrons. The quantitative estimate of drug-likeness (QED) is 0.943. The molecule has 0 saturated heterocycles. The first-order valence-corrected chi connectivity index (χ1v) is 6.80. The van der Waals surface area contributed by atoms with Crippen molar-refractivity contribution in [2.75, 3.05) is 5.73 Å². The fourth-order valence-corrected chi connectivity index (χ4v) is 2.96. The third-order valence-electron chi connectivity index (χ3n) is 2.37. The number of hydrogen-bond donors (Lipinski definition) is 1. The van der Waals surface area contributed by atoms with Gasteiger partial charge in [-0.2, -0.15) is 0 Å². The van der Waals surface area contributed by atoms with Crippen molar-refractivity contribution in [3.8, 4) is 0 Å². The van der Waals surface area contributed by atoms with Crippen LogP contribution in [0.2, 0.25) is 5.02 Å². The highest BCUT2D eigenvalue weighted by Crippen LogP contribution is 2.24. The SMILES string of the molecule is Nc1cnccc1S(=O)Cc1cccc(F)c1Cl. The van der Waals surface area contributed by atoms with Gasteiger partial charge in [-0.1, -0.05) is 23.7 Å². The van der Waals surface area contributed by atoms with Crippen LogP contribution in [0.5, 0.6) is 0 Å². The molecule has 1 aromatic carbocycles. The average Bonchev–Trinajstić information content (AvgIpc) is 2.35. The van der Waals surface area contributed by atoms with Gasteiger partial charge in [0.15, 0.2) is 0 Å². The Hall–Kier alpha value is -1.46. The molecule has 2 N–H and O–H groups in total. The predicted molar refractivity (Wildman–Crippen MR) is 70.2 cm³/mol. The summed E-state index contributed by atoms with van der Waals surface area (Å²) in [6, 6.07) is 6.01. The number of halogens is 2. The molecule has 2 aromatic rings. The zero-order valence-corrected chi connectivity index (χ0v) is 10.8. The Morgan fingerprint density at radius 1 is 1.39 bits per heavy atom. The van der Waals surface area contributed by atoms with Gasteiger partial charge in [-0.05, 0) is 17.7 Å². The lowest BCUT2D eigenvalue weighted by Crippen LogP contribution is -2.02. The molecule has 3 nitrogen and oxygen atoms in total. The molecule has 1 aromatic heterocycles. The van der Waals surface area contributed by atoms with Crippen LogP contribution in [0.3, 0.4) is 0 Å². The summed E-state index contributed by atoms with van der Waals surface area (Å²) in [7, 11) is -1.38. The van der Waals surface area contributed by atoms with Gasteiger partial charge < -0.3 is 5.73 Å². The van der Waals surface area contributed by atoms with E-state index in [4.69, 9.17) is 17.3 Å². The summed E-state index contributed by atoms with van der Waals surface area (Å²) in [6.45, 7) is 0. The fraction of sp³-hybridized carbons (Fsp3) is 0.0833. The van der Waals surface area contributed by atoms with E-state index in [0.29, 0.717) is 16.1 Å². The van der Waals surface area contributed by atoms with E-state index in [-0.39, 0.29) is 10.8 Å². The van der Waals surface area contributed by atoms with E-state index in [9.17, 15) is 8.60 Å². The molecule has 94 valence electrons. The number of benzene rings is 1. The summed E-state index contributed by atoms with van der Waals surface area (Å²) in [4.78, 5) is 4.30. The van der Waals surface area contributed by atoms with Crippen molar-refractivity contribution >= 4 is 28.1 Å². The maximum Gasteiger partial charge on any atom is 0.142 e. The van der Waals surface area contributed by atoms with Crippen LogP contribution in [0.25, 0.3) is 0 Å². The Bertz CT molecular complexity index is 606. The molecular formula is C12H10ClFN2OS. The molecule has 0 amide bonds. The number of anilines is 1. The Kier molecular flexibility index (Phi) is 3.93. The van der Waals surface area contributed by atoms with Crippen molar-refractivity contribution in [1.82, 2.24) is 4.98 Å². The van der Waals surface area contributed by atoms with Crippen LogP contribution in [-0.2, 0) is 16.6 Å². The van der Waals surface area contributed by atoms with Crippen molar-refractivity contribution < 1.29 is 8.60 Å². The third kappa shape index (κ3) is 2.68. The van der Waals surface area contributed by atoms with Crippen LogP contribution in [-0.4, -0.2) is 9.19 Å². The van der Waals surface area contributed by atoms with Crippen molar-refractivity contribution in [3.05, 3.63) is 53.1 Å². The van der Waals surface area contributed by atoms with E-state index in [2.05, 4.69) is 4.98 Å². The number of aromatic nitrogens is 1. The van der Waals surface area contributed by atoms with Crippen LogP contribution in [0, 0.1) is 5.82 Å². The molecule has 0 aliphatic rings. The van der Waals surface area contributed by atoms with Gasteiger partial charge in [0.2, 0.25) is 0 Å². The highest BCUT2D eigenvalue weighted by molar-refractivity contribution is 7.84. The summed E-state index contributed by atoms with van der Waals surface area (Å²) in [6.07, 6.45) is 2.94. The van der Waals surface area contributed by atoms with Gasteiger partial charge in [0.05, 0.1) is 38.4 Å². The van der Waals surface area contributed by atoms with Crippen molar-refractivity contribution in [3.63, 3.8) is 0 Å². The second kappa shape index (κ2) is 5.46. The Morgan fingerprint density at radius 3 is 2.89 bits per heavy atom. The lowest BCUT2D eigenvalue weighted by atomic mass is 10.2. The molecule has 1 unspecified atom stereocenters. The molecule has 0 aliphatic carbocycles. The summed E-state index contributed by atoms with van der Waals surface area (Å²) in [5.74, 6) is -0.404. The second-order valence-electron chi connectivity index (χ2n) is 3.62. The van der Waals surface area contributed by atoms with Gasteiger partial charge in [0, 0.05) is 6.20 Å². The minimum atomic E-state index is -1.38. The normalized spacial score (nSPS) is 12.3. The lowest BCUT2D eigenvalue weighted by Gasteiger charge is -2.07. The first-order chi connectivity index (χ1) is 8.59. The monoisotopic (exact) mass is 284 g/mol. The van der Waals surface area contributed by atoms with Crippen molar-refractivity contribution in [1.29, 1.82) is 0 Å². The van der Waals surface area contributed by atoms with Crippen LogP contribution >= 0.6 is 11.6 Å². The molecule has 0 bridgehead atoms. The topological polar surface area (TPSA) is 56.0 Å². The van der Waals surface area contributed by atoms with Crippen LogP contribution in [0.4, 0.5) is 10.1 Å². The third-order valence-corrected chi connectivity index (χ3v) is 4.23. The first kappa shape index (κ1) is 13.0. The van der Waals surface area contributed by atoms with Crippen molar-refractivity contribution in [2.24, 2.45) is 0 Å². The molecule has 1 heterocycles. The Balaban J connectivity index is 2.27. The van der Waals surface area contributed by atoms with Gasteiger partial charge in [-0.25, -0.2) is 4.39 Å². The number of nitrogen functional groups attached to an aromatic ring is 1. The summed E-state index contributed by atoms with van der Waals surface area (Å²) >= 11 is 5.81. The second-order valence-corrected chi connectivity index (χ2v) is 5.41. The van der Waals surface area contributed by atoms with E-state index >= 15 is 0 Å². The minimum Gasteiger partial charge on any atom is -0.396 e. The van der Waals surface area contributed by atoms with Crippen LogP contribution in [0.1, 0.15) is 5.56 Å². The molecule has 18 heavy (non-hydrogen) atoms. The standard InChI is InChI=1S/C12H10ClFN2OS/c13-12-8(2-1-3-9(12)14)7-18(17)11-4-5-16-6-10(11)15/h1-6H,7,15H2. The summed E-state index contributed by atoms with van der Waals surface area (Å²) in [5.41, 5.74) is 6.52. The van der Waals surface area contributed by atoms with E-state index < -0.39 is 16.6 Å². The van der Waals surface area contributed by atoms with Gasteiger partial charge in [-0.15, -0.1) is 0 Å². The predicted octanol–water partition coefficient (Wildman–Crippen LogP) is 2.76. The number of hydrogen-bond acceptors (Lipinski definition) is 3. The molecule has 1 atom stereocenters. The maximum atomic E-state index is 13.2. The smallest absolute Gasteiger partial charge is 0.142 e. The summed E-state index contributed by atoms with van der Waals surface area (Å²) in [5, 5.41) is -0.00141. The van der Waals surface area contributed by atoms with Gasteiger partial charge >= 0.3 is 0 Å². The molecule has 0 saturated carbocycles. The van der Waals surface area contributed by atoms with E-state index in [1.165, 1.54) is 24.5 Å². The molecule has 2 rings (SSSR count). The zero-order chi connectivity index (χ0) is 13.1. The lowest BCUT2D eigenvalue weighted by molar-refractivity contribution is 0.626. The largest absolute Gasteiger partial charge is 0.396 e. The fourth-order valence-electron chi connectivity index (χ4n) is 1.48. The number of nitrogens with zero attached hydrogens (tertiary/aromatic N) is 1. The van der Waals surface area contributed by atoms with Gasteiger partial charge in [0.25, 0.3) is 0 Å². The van der Waals surface area contributed by atoms with E-state index in [1.54, 1.807) is 12.1 Å². The number of rotatable bonds is 3. The summed E-state index contributed by atoms with van der Waals surface area (Å²) < 4.78 is 25.4. The van der Waals surface area contributed by atoms with Gasteiger partial charge in [-0.3, -0.25) is 9.19 Å². The van der Waals surface area contributed by atoms with E-state index in [1.807, 2.05) is 0 Å². The average molecular weight is 285 g/mol. The van der Waals surface area contributed by atoms with Crippen molar-refractivity contribution in [2.45, 2.75) is 10.6 Å². The zero-order valence-electron chi connectivity index (χ0n) is 9.27. The van der Waals surface area contributed by atoms with E-state index in [0.717, 1.165) is 0 Å². The molecule has 0 spiro atoms.